The van der Waals surface area contributed by atoms with Crippen LogP contribution in [0.5, 0.6) is 5.75 Å². The van der Waals surface area contributed by atoms with E-state index in [1.54, 1.807) is 31.4 Å². The lowest BCUT2D eigenvalue weighted by atomic mass is 10.1. The van der Waals surface area contributed by atoms with Crippen LogP contribution in [-0.2, 0) is 11.3 Å². The minimum absolute atomic E-state index is 0.0304. The first-order valence-electron chi connectivity index (χ1n) is 9.79. The third-order valence-electron chi connectivity index (χ3n) is 5.40. The molecule has 3 aromatic rings. The molecule has 148 valence electrons. The Balaban J connectivity index is 1.39. The largest absolute Gasteiger partial charge is 0.497 e. The summed E-state index contributed by atoms with van der Waals surface area (Å²) >= 11 is 0. The van der Waals surface area contributed by atoms with Gasteiger partial charge >= 0.3 is 0 Å². The fourth-order valence-electron chi connectivity index (χ4n) is 3.46. The van der Waals surface area contributed by atoms with Crippen LogP contribution in [-0.4, -0.2) is 18.9 Å². The summed E-state index contributed by atoms with van der Waals surface area (Å²) in [7, 11) is 1.65. The van der Waals surface area contributed by atoms with Gasteiger partial charge in [0.2, 0.25) is 5.91 Å². The highest BCUT2D eigenvalue weighted by molar-refractivity contribution is 5.98. The van der Waals surface area contributed by atoms with E-state index in [0.717, 1.165) is 28.5 Å². The molecule has 4 rings (SSSR count). The standard InChI is InChI=1S/C24H24N2O3/c1-15-10-22(15)24(28)26-20-5-3-4-19(12-20)23(27)25-14-16-6-7-18-13-21(29-2)9-8-17(18)11-16/h3-9,11-13,15,22H,10,14H2,1-2H3,(H,25,27)(H,26,28). The molecule has 1 aliphatic carbocycles. The third kappa shape index (κ3) is 4.40. The Hall–Kier alpha value is -3.34. The summed E-state index contributed by atoms with van der Waals surface area (Å²) < 4.78 is 5.25. The molecule has 0 saturated heterocycles. The van der Waals surface area contributed by atoms with E-state index < -0.39 is 0 Å². The maximum Gasteiger partial charge on any atom is 0.251 e. The van der Waals surface area contributed by atoms with Crippen LogP contribution in [0.15, 0.2) is 60.7 Å². The molecule has 3 aromatic carbocycles. The number of nitrogens with one attached hydrogen (secondary N) is 2. The third-order valence-corrected chi connectivity index (χ3v) is 5.40. The van der Waals surface area contributed by atoms with Crippen molar-refractivity contribution >= 4 is 28.3 Å². The minimum atomic E-state index is -0.171. The smallest absolute Gasteiger partial charge is 0.251 e. The van der Waals surface area contributed by atoms with Gasteiger partial charge in [0, 0.05) is 23.7 Å². The van der Waals surface area contributed by atoms with Gasteiger partial charge in [-0.15, -0.1) is 0 Å². The maximum absolute atomic E-state index is 12.6. The quantitative estimate of drug-likeness (QED) is 0.659. The van der Waals surface area contributed by atoms with Gasteiger partial charge in [0.15, 0.2) is 0 Å². The van der Waals surface area contributed by atoms with E-state index in [2.05, 4.69) is 23.6 Å². The number of ether oxygens (including phenoxy) is 1. The lowest BCUT2D eigenvalue weighted by molar-refractivity contribution is -0.117. The van der Waals surface area contributed by atoms with Crippen LogP contribution in [0.25, 0.3) is 10.8 Å². The van der Waals surface area contributed by atoms with E-state index in [1.807, 2.05) is 30.3 Å². The molecule has 0 heterocycles. The van der Waals surface area contributed by atoms with Crippen molar-refractivity contribution in [1.82, 2.24) is 5.32 Å². The predicted molar refractivity (Wildman–Crippen MR) is 114 cm³/mol. The molecule has 2 atom stereocenters. The molecule has 0 aromatic heterocycles. The monoisotopic (exact) mass is 388 g/mol. The number of hydrogen-bond acceptors (Lipinski definition) is 3. The fraction of sp³-hybridized carbons (Fsp3) is 0.250. The van der Waals surface area contributed by atoms with Crippen LogP contribution in [0.3, 0.4) is 0 Å². The van der Waals surface area contributed by atoms with Gasteiger partial charge in [0.05, 0.1) is 7.11 Å². The van der Waals surface area contributed by atoms with Crippen molar-refractivity contribution in [3.05, 3.63) is 71.8 Å². The van der Waals surface area contributed by atoms with Gasteiger partial charge < -0.3 is 15.4 Å². The Morgan fingerprint density at radius 1 is 1.03 bits per heavy atom. The van der Waals surface area contributed by atoms with Gasteiger partial charge in [-0.05, 0) is 65.1 Å². The van der Waals surface area contributed by atoms with E-state index in [-0.39, 0.29) is 17.7 Å². The zero-order chi connectivity index (χ0) is 20.4. The Bertz CT molecular complexity index is 1080. The van der Waals surface area contributed by atoms with Crippen LogP contribution < -0.4 is 15.4 Å². The van der Waals surface area contributed by atoms with Crippen molar-refractivity contribution in [2.75, 3.05) is 12.4 Å². The van der Waals surface area contributed by atoms with Gasteiger partial charge in [-0.3, -0.25) is 9.59 Å². The number of benzene rings is 3. The summed E-state index contributed by atoms with van der Waals surface area (Å²) in [6, 6.07) is 19.0. The number of hydrogen-bond donors (Lipinski definition) is 2. The molecule has 1 saturated carbocycles. The van der Waals surface area contributed by atoms with E-state index in [0.29, 0.717) is 23.7 Å². The lowest BCUT2D eigenvalue weighted by Gasteiger charge is -2.09. The van der Waals surface area contributed by atoms with Crippen LogP contribution in [0.4, 0.5) is 5.69 Å². The molecule has 1 fully saturated rings. The van der Waals surface area contributed by atoms with E-state index in [1.165, 1.54) is 0 Å². The summed E-state index contributed by atoms with van der Waals surface area (Å²) in [5.74, 6) is 1.23. The first-order valence-corrected chi connectivity index (χ1v) is 9.79. The summed E-state index contributed by atoms with van der Waals surface area (Å²) in [5, 5.41) is 8.04. The number of methoxy groups -OCH3 is 1. The molecule has 1 aliphatic rings. The summed E-state index contributed by atoms with van der Waals surface area (Å²) in [5.41, 5.74) is 2.20. The highest BCUT2D eigenvalue weighted by Crippen LogP contribution is 2.38. The van der Waals surface area contributed by atoms with Gasteiger partial charge in [-0.25, -0.2) is 0 Å². The zero-order valence-electron chi connectivity index (χ0n) is 16.6. The molecule has 29 heavy (non-hydrogen) atoms. The number of carbonyl (C=O) groups excluding carboxylic acids is 2. The Morgan fingerprint density at radius 2 is 1.79 bits per heavy atom. The van der Waals surface area contributed by atoms with Gasteiger partial charge in [0.1, 0.15) is 5.75 Å². The maximum atomic E-state index is 12.6. The summed E-state index contributed by atoms with van der Waals surface area (Å²) in [4.78, 5) is 24.7. The fourth-order valence-corrected chi connectivity index (χ4v) is 3.46. The van der Waals surface area contributed by atoms with Crippen LogP contribution in [0, 0.1) is 11.8 Å². The average molecular weight is 388 g/mol. The molecule has 0 spiro atoms. The molecule has 2 N–H and O–H groups in total. The number of carbonyl (C=O) groups is 2. The minimum Gasteiger partial charge on any atom is -0.497 e. The first-order chi connectivity index (χ1) is 14.0. The van der Waals surface area contributed by atoms with Gasteiger partial charge in [-0.2, -0.15) is 0 Å². The lowest BCUT2D eigenvalue weighted by Crippen LogP contribution is -2.23. The van der Waals surface area contributed by atoms with Gasteiger partial charge in [-0.1, -0.05) is 31.2 Å². The molecule has 2 amide bonds. The zero-order valence-corrected chi connectivity index (χ0v) is 16.6. The van der Waals surface area contributed by atoms with Crippen molar-refractivity contribution in [1.29, 1.82) is 0 Å². The average Bonchev–Trinajstić information content (AvgIpc) is 3.48. The number of amides is 2. The molecule has 5 nitrogen and oxygen atoms in total. The Labute approximate surface area is 170 Å². The predicted octanol–water partition coefficient (Wildman–Crippen LogP) is 4.37. The van der Waals surface area contributed by atoms with Crippen LogP contribution in [0.2, 0.25) is 0 Å². The SMILES string of the molecule is COc1ccc2cc(CNC(=O)c3cccc(NC(=O)C4CC4C)c3)ccc2c1. The van der Waals surface area contributed by atoms with Crippen LogP contribution >= 0.6 is 0 Å². The number of fused-ring (bicyclic) bond motifs is 1. The molecule has 5 heteroatoms. The van der Waals surface area contributed by atoms with Crippen molar-refractivity contribution in [2.45, 2.75) is 19.9 Å². The molecular weight excluding hydrogens is 364 g/mol. The van der Waals surface area contributed by atoms with Gasteiger partial charge in [0.25, 0.3) is 5.91 Å². The van der Waals surface area contributed by atoms with E-state index in [4.69, 9.17) is 4.74 Å². The normalized spacial score (nSPS) is 17.6. The topological polar surface area (TPSA) is 67.4 Å². The number of anilines is 1. The van der Waals surface area contributed by atoms with Crippen LogP contribution in [0.1, 0.15) is 29.3 Å². The second-order valence-corrected chi connectivity index (χ2v) is 7.62. The van der Waals surface area contributed by atoms with Crippen molar-refractivity contribution in [3.63, 3.8) is 0 Å². The van der Waals surface area contributed by atoms with E-state index >= 15 is 0 Å². The van der Waals surface area contributed by atoms with Crippen molar-refractivity contribution in [2.24, 2.45) is 11.8 Å². The molecule has 0 bridgehead atoms. The first kappa shape index (κ1) is 19.0. The summed E-state index contributed by atoms with van der Waals surface area (Å²) in [6.45, 7) is 2.49. The van der Waals surface area contributed by atoms with Crippen molar-refractivity contribution in [3.8, 4) is 5.75 Å². The second-order valence-electron chi connectivity index (χ2n) is 7.62. The highest BCUT2D eigenvalue weighted by Gasteiger charge is 2.39. The Morgan fingerprint density at radius 3 is 2.55 bits per heavy atom. The molecule has 2 unspecified atom stereocenters. The van der Waals surface area contributed by atoms with Crippen molar-refractivity contribution < 1.29 is 14.3 Å². The summed E-state index contributed by atoms with van der Waals surface area (Å²) in [6.07, 6.45) is 0.935. The number of rotatable bonds is 6. The molecule has 0 aliphatic heterocycles. The van der Waals surface area contributed by atoms with E-state index in [9.17, 15) is 9.59 Å². The molecular formula is C24H24N2O3. The highest BCUT2D eigenvalue weighted by atomic mass is 16.5. The molecule has 0 radical (unpaired) electrons. The Kier molecular flexibility index (Phi) is 5.21. The second kappa shape index (κ2) is 7.95.